The van der Waals surface area contributed by atoms with Crippen molar-refractivity contribution in [2.45, 2.75) is 76.4 Å². The summed E-state index contributed by atoms with van der Waals surface area (Å²) in [4.78, 5) is 21.3. The molecule has 1 atom stereocenters. The fraction of sp³-hybridized carbons (Fsp3) is 0.692. The Morgan fingerprint density at radius 3 is 2.61 bits per heavy atom. The van der Waals surface area contributed by atoms with E-state index < -0.39 is 5.54 Å². The molecule has 2 saturated carbocycles. The van der Waals surface area contributed by atoms with Gasteiger partial charge in [-0.15, -0.1) is 0 Å². The van der Waals surface area contributed by atoms with Crippen LogP contribution >= 0.6 is 0 Å². The van der Waals surface area contributed by atoms with Crippen LogP contribution < -0.4 is 0 Å². The minimum Gasteiger partial charge on any atom is -0.383 e. The minimum atomic E-state index is -0.769. The van der Waals surface area contributed by atoms with E-state index >= 15 is 0 Å². The lowest BCUT2D eigenvalue weighted by Crippen LogP contribution is -2.52. The summed E-state index contributed by atoms with van der Waals surface area (Å²) in [6.45, 7) is 3.09. The van der Waals surface area contributed by atoms with Crippen molar-refractivity contribution in [2.24, 2.45) is 16.3 Å². The van der Waals surface area contributed by atoms with Gasteiger partial charge < -0.3 is 9.47 Å². The summed E-state index contributed by atoms with van der Waals surface area (Å²) in [5, 5.41) is 0. The summed E-state index contributed by atoms with van der Waals surface area (Å²) in [5.74, 6) is 1.92. The first-order valence-electron chi connectivity index (χ1n) is 12.1. The lowest BCUT2D eigenvalue weighted by Gasteiger charge is -2.45. The molecule has 1 unspecified atom stereocenters. The number of rotatable bonds is 7. The molecule has 1 amide bonds. The predicted molar refractivity (Wildman–Crippen MR) is 121 cm³/mol. The number of benzene rings is 1. The molecule has 0 radical (unpaired) electrons. The van der Waals surface area contributed by atoms with E-state index in [4.69, 9.17) is 14.5 Å². The van der Waals surface area contributed by atoms with Crippen LogP contribution in [0.1, 0.15) is 68.6 Å². The number of ether oxygens (including phenoxy) is 2. The average Bonchev–Trinajstić information content (AvgIpc) is 3.53. The summed E-state index contributed by atoms with van der Waals surface area (Å²) < 4.78 is 11.0. The molecule has 3 aliphatic carbocycles. The topological polar surface area (TPSA) is 51.1 Å². The lowest BCUT2D eigenvalue weighted by molar-refractivity contribution is -0.138. The number of amides is 1. The van der Waals surface area contributed by atoms with Gasteiger partial charge in [0.1, 0.15) is 5.84 Å². The minimum absolute atomic E-state index is 0.139. The number of methoxy groups -OCH3 is 2. The Labute approximate surface area is 186 Å². The van der Waals surface area contributed by atoms with Crippen LogP contribution in [0, 0.1) is 11.3 Å². The third-order valence-corrected chi connectivity index (χ3v) is 8.42. The van der Waals surface area contributed by atoms with Crippen molar-refractivity contribution in [3.8, 4) is 0 Å². The first-order chi connectivity index (χ1) is 15.0. The van der Waals surface area contributed by atoms with E-state index in [0.29, 0.717) is 19.3 Å². The molecule has 1 aliphatic heterocycles. The summed E-state index contributed by atoms with van der Waals surface area (Å²) in [7, 11) is 3.50. The SMILES string of the molecule is COCCN1C(=O)C2(N=C1C)c1cc(CCC3CC3)ccc1CC21CCC(OC)CC1. The van der Waals surface area contributed by atoms with E-state index in [0.717, 1.165) is 50.3 Å². The highest BCUT2D eigenvalue weighted by Crippen LogP contribution is 2.62. The molecule has 5 nitrogen and oxygen atoms in total. The van der Waals surface area contributed by atoms with Crippen LogP contribution in [0.5, 0.6) is 0 Å². The second-order valence-electron chi connectivity index (χ2n) is 10.2. The Morgan fingerprint density at radius 2 is 1.94 bits per heavy atom. The molecule has 0 N–H and O–H groups in total. The fourth-order valence-electron chi connectivity index (χ4n) is 6.40. The maximum absolute atomic E-state index is 14.1. The van der Waals surface area contributed by atoms with E-state index in [2.05, 4.69) is 18.2 Å². The number of hydrogen-bond donors (Lipinski definition) is 0. The van der Waals surface area contributed by atoms with Crippen molar-refractivity contribution in [3.63, 3.8) is 0 Å². The summed E-state index contributed by atoms with van der Waals surface area (Å²) in [5.41, 5.74) is 2.96. The highest BCUT2D eigenvalue weighted by Gasteiger charge is 2.66. The highest BCUT2D eigenvalue weighted by molar-refractivity contribution is 6.09. The normalized spacial score (nSPS) is 32.2. The average molecular weight is 425 g/mol. The van der Waals surface area contributed by atoms with E-state index in [1.165, 1.54) is 36.0 Å². The van der Waals surface area contributed by atoms with Gasteiger partial charge >= 0.3 is 0 Å². The highest BCUT2D eigenvalue weighted by atomic mass is 16.5. The molecule has 5 heteroatoms. The van der Waals surface area contributed by atoms with Crippen LogP contribution in [0.2, 0.25) is 0 Å². The van der Waals surface area contributed by atoms with Gasteiger partial charge in [0.2, 0.25) is 0 Å². The predicted octanol–water partition coefficient (Wildman–Crippen LogP) is 4.26. The third-order valence-electron chi connectivity index (χ3n) is 8.42. The number of carbonyl (C=O) groups excluding carboxylic acids is 1. The summed E-state index contributed by atoms with van der Waals surface area (Å²) >= 11 is 0. The molecule has 1 aromatic carbocycles. The maximum Gasteiger partial charge on any atom is 0.261 e. The van der Waals surface area contributed by atoms with Gasteiger partial charge in [-0.3, -0.25) is 14.7 Å². The quantitative estimate of drug-likeness (QED) is 0.657. The monoisotopic (exact) mass is 424 g/mol. The molecule has 1 aromatic rings. The Morgan fingerprint density at radius 1 is 1.16 bits per heavy atom. The third kappa shape index (κ3) is 3.36. The maximum atomic E-state index is 14.1. The van der Waals surface area contributed by atoms with Crippen LogP contribution in [0.3, 0.4) is 0 Å². The van der Waals surface area contributed by atoms with Crippen LogP contribution in [0.15, 0.2) is 23.2 Å². The molecule has 2 spiro atoms. The smallest absolute Gasteiger partial charge is 0.261 e. The van der Waals surface area contributed by atoms with E-state index in [1.54, 1.807) is 7.11 Å². The van der Waals surface area contributed by atoms with Gasteiger partial charge in [0.25, 0.3) is 5.91 Å². The molecule has 0 bridgehead atoms. The molecule has 31 heavy (non-hydrogen) atoms. The first kappa shape index (κ1) is 21.1. The molecular weight excluding hydrogens is 388 g/mol. The molecule has 168 valence electrons. The molecule has 2 fully saturated rings. The van der Waals surface area contributed by atoms with Crippen LogP contribution in [-0.4, -0.2) is 50.1 Å². The van der Waals surface area contributed by atoms with Gasteiger partial charge in [-0.05, 0) is 74.5 Å². The zero-order chi connectivity index (χ0) is 21.6. The van der Waals surface area contributed by atoms with Gasteiger partial charge in [-0.25, -0.2) is 0 Å². The largest absolute Gasteiger partial charge is 0.383 e. The zero-order valence-electron chi connectivity index (χ0n) is 19.3. The second kappa shape index (κ2) is 8.00. The molecular formula is C26H36N2O3. The standard InChI is InChI=1S/C26H36N2O3/c1-18-27-26(24(29)28(18)14-15-30-2)23-16-20(7-6-19-4-5-19)8-9-21(23)17-25(26)12-10-22(31-3)11-13-25/h8-9,16,19,22H,4-7,10-15,17H2,1-3H3. The van der Waals surface area contributed by atoms with Gasteiger partial charge in [0.05, 0.1) is 19.3 Å². The van der Waals surface area contributed by atoms with Crippen LogP contribution in [-0.2, 0) is 32.6 Å². The molecule has 1 heterocycles. The number of carbonyl (C=O) groups is 1. The van der Waals surface area contributed by atoms with Crippen molar-refractivity contribution in [1.29, 1.82) is 0 Å². The number of aliphatic imine (C=N–C) groups is 1. The lowest BCUT2D eigenvalue weighted by atomic mass is 9.61. The second-order valence-corrected chi connectivity index (χ2v) is 10.2. The molecule has 0 aromatic heterocycles. The Hall–Kier alpha value is -1.72. The van der Waals surface area contributed by atoms with Crippen molar-refractivity contribution >= 4 is 11.7 Å². The van der Waals surface area contributed by atoms with Crippen molar-refractivity contribution in [3.05, 3.63) is 34.9 Å². The van der Waals surface area contributed by atoms with Crippen LogP contribution in [0.4, 0.5) is 0 Å². The molecule has 4 aliphatic rings. The number of hydrogen-bond acceptors (Lipinski definition) is 4. The Kier molecular flexibility index (Phi) is 5.46. The molecule has 0 saturated heterocycles. The van der Waals surface area contributed by atoms with E-state index in [9.17, 15) is 4.79 Å². The van der Waals surface area contributed by atoms with E-state index in [1.807, 2.05) is 18.9 Å². The van der Waals surface area contributed by atoms with Gasteiger partial charge in [-0.2, -0.15) is 0 Å². The summed E-state index contributed by atoms with van der Waals surface area (Å²) in [6, 6.07) is 6.93. The summed E-state index contributed by atoms with van der Waals surface area (Å²) in [6.07, 6.45) is 10.4. The first-order valence-corrected chi connectivity index (χ1v) is 12.1. The van der Waals surface area contributed by atoms with E-state index in [-0.39, 0.29) is 11.3 Å². The Bertz CT molecular complexity index is 883. The zero-order valence-corrected chi connectivity index (χ0v) is 19.3. The van der Waals surface area contributed by atoms with Gasteiger partial charge in [0, 0.05) is 19.6 Å². The number of fused-ring (bicyclic) bond motifs is 3. The Balaban J connectivity index is 1.55. The number of amidine groups is 1. The van der Waals surface area contributed by atoms with Crippen molar-refractivity contribution in [2.75, 3.05) is 27.4 Å². The van der Waals surface area contributed by atoms with Crippen LogP contribution in [0.25, 0.3) is 0 Å². The van der Waals surface area contributed by atoms with Gasteiger partial charge in [-0.1, -0.05) is 31.0 Å². The van der Waals surface area contributed by atoms with Crippen molar-refractivity contribution in [1.82, 2.24) is 4.90 Å². The molecule has 5 rings (SSSR count). The van der Waals surface area contributed by atoms with Crippen molar-refractivity contribution < 1.29 is 14.3 Å². The van der Waals surface area contributed by atoms with Gasteiger partial charge in [0.15, 0.2) is 5.54 Å². The fourth-order valence-corrected chi connectivity index (χ4v) is 6.40. The number of nitrogens with zero attached hydrogens (tertiary/aromatic N) is 2. The number of aryl methyl sites for hydroxylation is 1.